The fourth-order valence-electron chi connectivity index (χ4n) is 1.20. The van der Waals surface area contributed by atoms with Crippen molar-refractivity contribution in [2.45, 2.75) is 32.9 Å². The van der Waals surface area contributed by atoms with Gasteiger partial charge in [0.1, 0.15) is 0 Å². The molecule has 2 N–H and O–H groups in total. The topological polar surface area (TPSA) is 66.9 Å². The van der Waals surface area contributed by atoms with Crippen molar-refractivity contribution in [3.63, 3.8) is 0 Å². The molecule has 0 aromatic carbocycles. The molecule has 0 amide bonds. The number of aromatic nitrogens is 2. The van der Waals surface area contributed by atoms with Crippen LogP contribution in [-0.2, 0) is 6.54 Å². The molecule has 5 nitrogen and oxygen atoms in total. The second-order valence-corrected chi connectivity index (χ2v) is 4.61. The summed E-state index contributed by atoms with van der Waals surface area (Å²) in [6, 6.07) is 0. The predicted octanol–water partition coefficient (Wildman–Crippen LogP) is 0.0638. The molecule has 0 aliphatic carbocycles. The van der Waals surface area contributed by atoms with E-state index >= 15 is 0 Å². The van der Waals surface area contributed by atoms with Crippen molar-refractivity contribution in [1.82, 2.24) is 14.9 Å². The number of nitrogens with one attached hydrogen (secondary N) is 2. The van der Waals surface area contributed by atoms with E-state index in [-0.39, 0.29) is 5.54 Å². The number of hydrogen-bond donors (Lipinski definition) is 2. The third-order valence-corrected chi connectivity index (χ3v) is 1.98. The molecular weight excluding hydrogens is 213 g/mol. The number of H-pyrrole nitrogens is 1. The van der Waals surface area contributed by atoms with Gasteiger partial charge in [0, 0.05) is 18.6 Å². The molecule has 0 fully saturated rings. The summed E-state index contributed by atoms with van der Waals surface area (Å²) in [5, 5.41) is 3.16. The first-order valence-corrected chi connectivity index (χ1v) is 5.04. The summed E-state index contributed by atoms with van der Waals surface area (Å²) in [7, 11) is 0. The lowest BCUT2D eigenvalue weighted by Gasteiger charge is -2.20. The van der Waals surface area contributed by atoms with Crippen molar-refractivity contribution < 1.29 is 4.39 Å². The highest BCUT2D eigenvalue weighted by atomic mass is 19.1. The minimum atomic E-state index is -0.981. The molecule has 1 rings (SSSR count). The summed E-state index contributed by atoms with van der Waals surface area (Å²) in [6.45, 7) is 6.80. The quantitative estimate of drug-likeness (QED) is 0.770. The Hall–Kier alpha value is -1.43. The number of rotatable bonds is 3. The first-order chi connectivity index (χ1) is 7.29. The largest absolute Gasteiger partial charge is 0.328 e. The van der Waals surface area contributed by atoms with Gasteiger partial charge in [0.15, 0.2) is 0 Å². The zero-order valence-corrected chi connectivity index (χ0v) is 9.63. The second kappa shape index (κ2) is 4.61. The third-order valence-electron chi connectivity index (χ3n) is 1.98. The van der Waals surface area contributed by atoms with E-state index in [0.29, 0.717) is 13.1 Å². The van der Waals surface area contributed by atoms with Gasteiger partial charge in [0.05, 0.1) is 6.20 Å². The average molecular weight is 229 g/mol. The van der Waals surface area contributed by atoms with Crippen molar-refractivity contribution in [1.29, 1.82) is 0 Å². The molecule has 1 aromatic heterocycles. The molecule has 0 aliphatic rings. The van der Waals surface area contributed by atoms with Gasteiger partial charge in [0.25, 0.3) is 5.56 Å². The highest BCUT2D eigenvalue weighted by Crippen LogP contribution is 1.97. The molecule has 0 aliphatic heterocycles. The van der Waals surface area contributed by atoms with Crippen LogP contribution >= 0.6 is 0 Å². The van der Waals surface area contributed by atoms with Crippen LogP contribution in [0.15, 0.2) is 15.8 Å². The molecule has 1 heterocycles. The van der Waals surface area contributed by atoms with Gasteiger partial charge in [-0.05, 0) is 20.8 Å². The molecule has 0 atom stereocenters. The minimum Gasteiger partial charge on any atom is -0.310 e. The highest BCUT2D eigenvalue weighted by molar-refractivity contribution is 4.87. The zero-order valence-electron chi connectivity index (χ0n) is 9.63. The van der Waals surface area contributed by atoms with Gasteiger partial charge in [-0.3, -0.25) is 14.3 Å². The maximum atomic E-state index is 12.9. The Balaban J connectivity index is 2.72. The van der Waals surface area contributed by atoms with E-state index in [1.807, 2.05) is 25.8 Å². The highest BCUT2D eigenvalue weighted by Gasteiger charge is 2.08. The van der Waals surface area contributed by atoms with E-state index < -0.39 is 17.1 Å². The Bertz CT molecular complexity index is 470. The summed E-state index contributed by atoms with van der Waals surface area (Å²) in [4.78, 5) is 23.9. The standard InChI is InChI=1S/C10H16FN3O2/c1-10(2,3)12-4-5-14-6-7(11)8(15)13-9(14)16/h6,12H,4-5H2,1-3H3,(H,13,15,16). The molecule has 6 heteroatoms. The summed E-state index contributed by atoms with van der Waals surface area (Å²) in [5.74, 6) is -0.949. The SMILES string of the molecule is CC(C)(C)NCCn1cc(F)c(=O)[nH]c1=O. The lowest BCUT2D eigenvalue weighted by molar-refractivity contribution is 0.406. The molecular formula is C10H16FN3O2. The molecule has 0 saturated heterocycles. The van der Waals surface area contributed by atoms with Crippen molar-refractivity contribution in [3.05, 3.63) is 32.9 Å². The smallest absolute Gasteiger partial charge is 0.310 e. The normalized spacial score (nSPS) is 11.8. The molecule has 1 aromatic rings. The van der Waals surface area contributed by atoms with Crippen molar-refractivity contribution in [2.24, 2.45) is 0 Å². The van der Waals surface area contributed by atoms with E-state index in [0.717, 1.165) is 10.8 Å². The monoisotopic (exact) mass is 229 g/mol. The van der Waals surface area contributed by atoms with Crippen LogP contribution in [0, 0.1) is 5.82 Å². The second-order valence-electron chi connectivity index (χ2n) is 4.61. The van der Waals surface area contributed by atoms with Crippen LogP contribution in [-0.4, -0.2) is 21.6 Å². The Labute approximate surface area is 92.3 Å². The minimum absolute atomic E-state index is 0.0651. The van der Waals surface area contributed by atoms with Gasteiger partial charge in [0.2, 0.25) is 5.82 Å². The number of hydrogen-bond acceptors (Lipinski definition) is 3. The van der Waals surface area contributed by atoms with Crippen LogP contribution < -0.4 is 16.6 Å². The molecule has 0 radical (unpaired) electrons. The van der Waals surface area contributed by atoms with Crippen LogP contribution in [0.5, 0.6) is 0 Å². The first-order valence-electron chi connectivity index (χ1n) is 5.04. The molecule has 0 bridgehead atoms. The number of nitrogens with zero attached hydrogens (tertiary/aromatic N) is 1. The third kappa shape index (κ3) is 3.62. The van der Waals surface area contributed by atoms with Crippen LogP contribution in [0.2, 0.25) is 0 Å². The van der Waals surface area contributed by atoms with Crippen LogP contribution in [0.25, 0.3) is 0 Å². The van der Waals surface area contributed by atoms with E-state index in [1.165, 1.54) is 0 Å². The van der Waals surface area contributed by atoms with E-state index in [4.69, 9.17) is 0 Å². The van der Waals surface area contributed by atoms with E-state index in [1.54, 1.807) is 0 Å². The van der Waals surface area contributed by atoms with Crippen molar-refractivity contribution in [2.75, 3.05) is 6.54 Å². The first kappa shape index (κ1) is 12.6. The van der Waals surface area contributed by atoms with Gasteiger partial charge >= 0.3 is 5.69 Å². The fourth-order valence-corrected chi connectivity index (χ4v) is 1.20. The van der Waals surface area contributed by atoms with Crippen molar-refractivity contribution in [3.8, 4) is 0 Å². The lowest BCUT2D eigenvalue weighted by Crippen LogP contribution is -2.40. The summed E-state index contributed by atoms with van der Waals surface area (Å²) >= 11 is 0. The lowest BCUT2D eigenvalue weighted by atomic mass is 10.1. The van der Waals surface area contributed by atoms with Gasteiger partial charge in [-0.1, -0.05) is 0 Å². The molecule has 90 valence electrons. The number of halogens is 1. The molecule has 0 saturated carbocycles. The molecule has 0 unspecified atom stereocenters. The fraction of sp³-hybridized carbons (Fsp3) is 0.600. The Morgan fingerprint density at radius 1 is 1.44 bits per heavy atom. The van der Waals surface area contributed by atoms with E-state index in [9.17, 15) is 14.0 Å². The average Bonchev–Trinajstić information content (AvgIpc) is 2.11. The molecule has 0 spiro atoms. The molecule has 16 heavy (non-hydrogen) atoms. The van der Waals surface area contributed by atoms with Crippen molar-refractivity contribution >= 4 is 0 Å². The van der Waals surface area contributed by atoms with Gasteiger partial charge in [-0.2, -0.15) is 4.39 Å². The Morgan fingerprint density at radius 3 is 2.62 bits per heavy atom. The van der Waals surface area contributed by atoms with Crippen LogP contribution in [0.4, 0.5) is 4.39 Å². The summed E-state index contributed by atoms with van der Waals surface area (Å²) in [5.41, 5.74) is -1.64. The van der Waals surface area contributed by atoms with Gasteiger partial charge in [-0.25, -0.2) is 4.79 Å². The summed E-state index contributed by atoms with van der Waals surface area (Å²) in [6.07, 6.45) is 0.922. The Morgan fingerprint density at radius 2 is 2.06 bits per heavy atom. The van der Waals surface area contributed by atoms with E-state index in [2.05, 4.69) is 5.32 Å². The number of aromatic amines is 1. The van der Waals surface area contributed by atoms with Crippen LogP contribution in [0.3, 0.4) is 0 Å². The van der Waals surface area contributed by atoms with Crippen LogP contribution in [0.1, 0.15) is 20.8 Å². The maximum absolute atomic E-state index is 12.9. The summed E-state index contributed by atoms with van der Waals surface area (Å²) < 4.78 is 14.0. The Kier molecular flexibility index (Phi) is 3.64. The maximum Gasteiger partial charge on any atom is 0.328 e. The zero-order chi connectivity index (χ0) is 12.3. The van der Waals surface area contributed by atoms with Gasteiger partial charge < -0.3 is 5.32 Å². The predicted molar refractivity (Wildman–Crippen MR) is 59.0 cm³/mol. The van der Waals surface area contributed by atoms with Gasteiger partial charge in [-0.15, -0.1) is 0 Å².